The second kappa shape index (κ2) is 7.64. The maximum Gasteiger partial charge on any atom is 0.255 e. The van der Waals surface area contributed by atoms with Gasteiger partial charge in [-0.15, -0.1) is 0 Å². The molecule has 22 heavy (non-hydrogen) atoms. The molecule has 116 valence electrons. The summed E-state index contributed by atoms with van der Waals surface area (Å²) < 4.78 is 5.67. The summed E-state index contributed by atoms with van der Waals surface area (Å²) in [5.74, 6) is 1.37. The Bertz CT molecular complexity index is 618. The first-order chi connectivity index (χ1) is 10.6. The molecule has 0 heterocycles. The van der Waals surface area contributed by atoms with Gasteiger partial charge in [-0.25, -0.2) is 0 Å². The number of hydrogen-bond donors (Lipinski definition) is 1. The van der Waals surface area contributed by atoms with E-state index in [1.165, 1.54) is 0 Å². The molecule has 0 aliphatic heterocycles. The van der Waals surface area contributed by atoms with Gasteiger partial charge in [-0.05, 0) is 55.2 Å². The topological polar surface area (TPSA) is 38.3 Å². The van der Waals surface area contributed by atoms with Crippen molar-refractivity contribution in [1.29, 1.82) is 0 Å². The van der Waals surface area contributed by atoms with Gasteiger partial charge >= 0.3 is 0 Å². The highest BCUT2D eigenvalue weighted by molar-refractivity contribution is 6.05. The third-order valence-corrected chi connectivity index (χ3v) is 3.47. The van der Waals surface area contributed by atoms with E-state index in [-0.39, 0.29) is 5.91 Å². The maximum absolute atomic E-state index is 12.2. The van der Waals surface area contributed by atoms with E-state index < -0.39 is 0 Å². The standard InChI is InChI=1S/C19H23NO2/c1-14(2)12-13-22-17-10-8-16(9-11-17)20-19(21)18-7-5-4-6-15(18)3/h4-11,14H,12-13H2,1-3H3,(H,20,21). The zero-order chi connectivity index (χ0) is 15.9. The van der Waals surface area contributed by atoms with Crippen molar-refractivity contribution in [2.24, 2.45) is 5.92 Å². The lowest BCUT2D eigenvalue weighted by Gasteiger charge is -2.10. The van der Waals surface area contributed by atoms with Crippen molar-refractivity contribution in [1.82, 2.24) is 0 Å². The Morgan fingerprint density at radius 2 is 1.77 bits per heavy atom. The van der Waals surface area contributed by atoms with Gasteiger partial charge < -0.3 is 10.1 Å². The molecule has 0 aliphatic rings. The van der Waals surface area contributed by atoms with Crippen molar-refractivity contribution in [2.75, 3.05) is 11.9 Å². The zero-order valence-electron chi connectivity index (χ0n) is 13.4. The predicted octanol–water partition coefficient (Wildman–Crippen LogP) is 4.67. The van der Waals surface area contributed by atoms with Gasteiger partial charge in [-0.3, -0.25) is 4.79 Å². The van der Waals surface area contributed by atoms with Crippen LogP contribution in [-0.2, 0) is 0 Å². The molecule has 3 heteroatoms. The smallest absolute Gasteiger partial charge is 0.255 e. The lowest BCUT2D eigenvalue weighted by Crippen LogP contribution is -2.13. The first kappa shape index (κ1) is 16.1. The number of carbonyl (C=O) groups excluding carboxylic acids is 1. The molecule has 0 unspecified atom stereocenters. The van der Waals surface area contributed by atoms with Gasteiger partial charge in [-0.1, -0.05) is 32.0 Å². The van der Waals surface area contributed by atoms with Crippen molar-refractivity contribution in [3.05, 3.63) is 59.7 Å². The maximum atomic E-state index is 12.2. The summed E-state index contributed by atoms with van der Waals surface area (Å²) in [6.07, 6.45) is 1.03. The third kappa shape index (κ3) is 4.62. The van der Waals surface area contributed by atoms with Gasteiger partial charge in [0.15, 0.2) is 0 Å². The normalized spacial score (nSPS) is 10.5. The molecule has 0 aromatic heterocycles. The molecule has 0 radical (unpaired) electrons. The van der Waals surface area contributed by atoms with Crippen molar-refractivity contribution in [2.45, 2.75) is 27.2 Å². The van der Waals surface area contributed by atoms with Crippen LogP contribution in [-0.4, -0.2) is 12.5 Å². The molecular formula is C19H23NO2. The number of ether oxygens (including phenoxy) is 1. The van der Waals surface area contributed by atoms with Crippen LogP contribution >= 0.6 is 0 Å². The minimum Gasteiger partial charge on any atom is -0.494 e. The highest BCUT2D eigenvalue weighted by atomic mass is 16.5. The molecule has 2 aromatic rings. The summed E-state index contributed by atoms with van der Waals surface area (Å²) in [5.41, 5.74) is 2.43. The number of rotatable bonds is 6. The van der Waals surface area contributed by atoms with Gasteiger partial charge in [-0.2, -0.15) is 0 Å². The molecule has 0 saturated carbocycles. The van der Waals surface area contributed by atoms with Crippen LogP contribution < -0.4 is 10.1 Å². The van der Waals surface area contributed by atoms with Gasteiger partial charge in [0.25, 0.3) is 5.91 Å². The second-order valence-electron chi connectivity index (χ2n) is 5.82. The Morgan fingerprint density at radius 1 is 1.09 bits per heavy atom. The lowest BCUT2D eigenvalue weighted by atomic mass is 10.1. The molecule has 0 fully saturated rings. The molecule has 1 N–H and O–H groups in total. The molecule has 0 saturated heterocycles. The Morgan fingerprint density at radius 3 is 2.41 bits per heavy atom. The minimum atomic E-state index is -0.0911. The largest absolute Gasteiger partial charge is 0.494 e. The average Bonchev–Trinajstić information content (AvgIpc) is 2.49. The second-order valence-corrected chi connectivity index (χ2v) is 5.82. The predicted molar refractivity (Wildman–Crippen MR) is 90.5 cm³/mol. The SMILES string of the molecule is Cc1ccccc1C(=O)Nc1ccc(OCCC(C)C)cc1. The number of aryl methyl sites for hydroxylation is 1. The fourth-order valence-corrected chi connectivity index (χ4v) is 2.07. The van der Waals surface area contributed by atoms with Crippen LogP contribution in [0.2, 0.25) is 0 Å². The summed E-state index contributed by atoms with van der Waals surface area (Å²) in [4.78, 5) is 12.2. The number of hydrogen-bond acceptors (Lipinski definition) is 2. The van der Waals surface area contributed by atoms with Crippen molar-refractivity contribution < 1.29 is 9.53 Å². The Labute approximate surface area is 132 Å². The van der Waals surface area contributed by atoms with Gasteiger partial charge in [0, 0.05) is 11.3 Å². The highest BCUT2D eigenvalue weighted by Gasteiger charge is 2.08. The van der Waals surface area contributed by atoms with Crippen molar-refractivity contribution in [3.63, 3.8) is 0 Å². The average molecular weight is 297 g/mol. The Hall–Kier alpha value is -2.29. The molecule has 0 spiro atoms. The summed E-state index contributed by atoms with van der Waals surface area (Å²) in [5, 5.41) is 2.91. The Kier molecular flexibility index (Phi) is 5.59. The first-order valence-corrected chi connectivity index (χ1v) is 7.66. The molecule has 0 aliphatic carbocycles. The minimum absolute atomic E-state index is 0.0911. The van der Waals surface area contributed by atoms with E-state index >= 15 is 0 Å². The lowest BCUT2D eigenvalue weighted by molar-refractivity contribution is 0.102. The van der Waals surface area contributed by atoms with E-state index in [2.05, 4.69) is 19.2 Å². The van der Waals surface area contributed by atoms with Gasteiger partial charge in [0.05, 0.1) is 6.61 Å². The number of nitrogens with one attached hydrogen (secondary N) is 1. The number of anilines is 1. The van der Waals surface area contributed by atoms with E-state index in [0.29, 0.717) is 18.1 Å². The quantitative estimate of drug-likeness (QED) is 0.841. The van der Waals surface area contributed by atoms with Crippen LogP contribution in [0.3, 0.4) is 0 Å². The van der Waals surface area contributed by atoms with Gasteiger partial charge in [0.1, 0.15) is 5.75 Å². The van der Waals surface area contributed by atoms with Crippen LogP contribution in [0.25, 0.3) is 0 Å². The highest BCUT2D eigenvalue weighted by Crippen LogP contribution is 2.18. The summed E-state index contributed by atoms with van der Waals surface area (Å²) in [7, 11) is 0. The van der Waals surface area contributed by atoms with Crippen LogP contribution in [0.5, 0.6) is 5.75 Å². The summed E-state index contributed by atoms with van der Waals surface area (Å²) in [6.45, 7) is 6.99. The molecule has 3 nitrogen and oxygen atoms in total. The summed E-state index contributed by atoms with van der Waals surface area (Å²) >= 11 is 0. The van der Waals surface area contributed by atoms with E-state index in [1.54, 1.807) is 0 Å². The van der Waals surface area contributed by atoms with E-state index in [4.69, 9.17) is 4.74 Å². The van der Waals surface area contributed by atoms with E-state index in [1.807, 2.05) is 55.5 Å². The zero-order valence-corrected chi connectivity index (χ0v) is 13.4. The molecule has 0 bridgehead atoms. The van der Waals surface area contributed by atoms with Crippen molar-refractivity contribution in [3.8, 4) is 5.75 Å². The van der Waals surface area contributed by atoms with Crippen LogP contribution in [0.1, 0.15) is 36.2 Å². The van der Waals surface area contributed by atoms with E-state index in [0.717, 1.165) is 23.4 Å². The molecule has 1 amide bonds. The molecule has 0 atom stereocenters. The summed E-state index contributed by atoms with van der Waals surface area (Å²) in [6, 6.07) is 15.0. The van der Waals surface area contributed by atoms with Crippen molar-refractivity contribution >= 4 is 11.6 Å². The fourth-order valence-electron chi connectivity index (χ4n) is 2.07. The molecular weight excluding hydrogens is 274 g/mol. The van der Waals surface area contributed by atoms with Crippen LogP contribution in [0.15, 0.2) is 48.5 Å². The van der Waals surface area contributed by atoms with Gasteiger partial charge in [0.2, 0.25) is 0 Å². The monoisotopic (exact) mass is 297 g/mol. The fraction of sp³-hybridized carbons (Fsp3) is 0.316. The molecule has 2 rings (SSSR count). The Balaban J connectivity index is 1.94. The third-order valence-electron chi connectivity index (χ3n) is 3.47. The number of amides is 1. The number of carbonyl (C=O) groups is 1. The first-order valence-electron chi connectivity index (χ1n) is 7.66. The van der Waals surface area contributed by atoms with E-state index in [9.17, 15) is 4.79 Å². The van der Waals surface area contributed by atoms with Crippen LogP contribution in [0, 0.1) is 12.8 Å². The molecule has 2 aromatic carbocycles. The van der Waals surface area contributed by atoms with Crippen LogP contribution in [0.4, 0.5) is 5.69 Å². The number of benzene rings is 2.